The van der Waals surface area contributed by atoms with E-state index in [1.807, 2.05) is 0 Å². The number of aromatic carboxylic acids is 1. The molecule has 0 aliphatic carbocycles. The standard InChI is InChI=1S/C9H5BrClNO2/c10-5-1-2-6(11)4-3-7(9(13)14)12-8(4)5/h1-3,12H,(H,13,14). The van der Waals surface area contributed by atoms with E-state index in [1.165, 1.54) is 6.07 Å². The van der Waals surface area contributed by atoms with Crippen molar-refractivity contribution >= 4 is 44.4 Å². The second kappa shape index (κ2) is 3.29. The predicted octanol–water partition coefficient (Wildman–Crippen LogP) is 3.28. The molecule has 1 aromatic carbocycles. The Kier molecular flexibility index (Phi) is 2.25. The van der Waals surface area contributed by atoms with Crippen molar-refractivity contribution in [1.82, 2.24) is 4.98 Å². The quantitative estimate of drug-likeness (QED) is 0.838. The molecule has 0 unspecified atom stereocenters. The molecule has 1 aromatic heterocycles. The number of halogens is 2. The van der Waals surface area contributed by atoms with Crippen LogP contribution in [0, 0.1) is 0 Å². The fourth-order valence-corrected chi connectivity index (χ4v) is 1.92. The van der Waals surface area contributed by atoms with Gasteiger partial charge in [-0.05, 0) is 34.1 Å². The van der Waals surface area contributed by atoms with Crippen LogP contribution in [0.5, 0.6) is 0 Å². The highest BCUT2D eigenvalue weighted by molar-refractivity contribution is 9.10. The van der Waals surface area contributed by atoms with E-state index in [0.717, 1.165) is 4.47 Å². The van der Waals surface area contributed by atoms with Crippen LogP contribution in [-0.4, -0.2) is 16.1 Å². The highest BCUT2D eigenvalue weighted by Crippen LogP contribution is 2.30. The van der Waals surface area contributed by atoms with Gasteiger partial charge in [0.25, 0.3) is 0 Å². The zero-order valence-corrected chi connectivity index (χ0v) is 9.19. The molecule has 5 heteroatoms. The molecule has 0 bridgehead atoms. The Balaban J connectivity index is 2.82. The number of hydrogen-bond donors (Lipinski definition) is 2. The van der Waals surface area contributed by atoms with Gasteiger partial charge in [0.1, 0.15) is 5.69 Å². The first kappa shape index (κ1) is 9.55. The van der Waals surface area contributed by atoms with Crippen molar-refractivity contribution in [3.63, 3.8) is 0 Å². The van der Waals surface area contributed by atoms with Crippen molar-refractivity contribution in [2.45, 2.75) is 0 Å². The molecule has 0 spiro atoms. The number of carboxylic acids is 1. The molecule has 0 atom stereocenters. The topological polar surface area (TPSA) is 53.1 Å². The molecule has 0 aliphatic rings. The predicted molar refractivity (Wildman–Crippen MR) is 58.0 cm³/mol. The molecule has 3 nitrogen and oxygen atoms in total. The monoisotopic (exact) mass is 273 g/mol. The van der Waals surface area contributed by atoms with Crippen molar-refractivity contribution < 1.29 is 9.90 Å². The van der Waals surface area contributed by atoms with E-state index in [2.05, 4.69) is 20.9 Å². The van der Waals surface area contributed by atoms with Gasteiger partial charge in [-0.3, -0.25) is 0 Å². The molecule has 72 valence electrons. The second-order valence-corrected chi connectivity index (χ2v) is 4.07. The van der Waals surface area contributed by atoms with Crippen LogP contribution in [0.4, 0.5) is 0 Å². The van der Waals surface area contributed by atoms with Crippen molar-refractivity contribution in [1.29, 1.82) is 0 Å². The van der Waals surface area contributed by atoms with Gasteiger partial charge in [-0.25, -0.2) is 4.79 Å². The van der Waals surface area contributed by atoms with Crippen LogP contribution < -0.4 is 0 Å². The Morgan fingerprint density at radius 1 is 1.50 bits per heavy atom. The number of carboxylic acid groups (broad SMARTS) is 1. The highest BCUT2D eigenvalue weighted by Gasteiger charge is 2.11. The third-order valence-corrected chi connectivity index (χ3v) is 2.91. The maximum atomic E-state index is 10.7. The molecule has 0 saturated heterocycles. The first-order valence-corrected chi connectivity index (χ1v) is 4.96. The summed E-state index contributed by atoms with van der Waals surface area (Å²) in [7, 11) is 0. The summed E-state index contributed by atoms with van der Waals surface area (Å²) in [6.45, 7) is 0. The molecule has 0 fully saturated rings. The lowest BCUT2D eigenvalue weighted by Gasteiger charge is -1.95. The number of aromatic nitrogens is 1. The maximum Gasteiger partial charge on any atom is 0.352 e. The average molecular weight is 275 g/mol. The van der Waals surface area contributed by atoms with E-state index in [4.69, 9.17) is 16.7 Å². The molecule has 14 heavy (non-hydrogen) atoms. The van der Waals surface area contributed by atoms with Gasteiger partial charge in [0.05, 0.1) is 10.5 Å². The summed E-state index contributed by atoms with van der Waals surface area (Å²) in [5.41, 5.74) is 0.837. The zero-order chi connectivity index (χ0) is 10.3. The lowest BCUT2D eigenvalue weighted by molar-refractivity contribution is 0.0691. The van der Waals surface area contributed by atoms with Crippen LogP contribution in [-0.2, 0) is 0 Å². The summed E-state index contributed by atoms with van der Waals surface area (Å²) < 4.78 is 0.796. The zero-order valence-electron chi connectivity index (χ0n) is 6.84. The van der Waals surface area contributed by atoms with Crippen LogP contribution in [0.1, 0.15) is 10.5 Å². The first-order chi connectivity index (χ1) is 6.59. The lowest BCUT2D eigenvalue weighted by atomic mass is 10.2. The Morgan fingerprint density at radius 3 is 2.79 bits per heavy atom. The molecule has 2 rings (SSSR count). The molecule has 2 aromatic rings. The second-order valence-electron chi connectivity index (χ2n) is 2.81. The van der Waals surface area contributed by atoms with E-state index in [0.29, 0.717) is 15.9 Å². The summed E-state index contributed by atoms with van der Waals surface area (Å²) in [5.74, 6) is -0.996. The molecule has 0 saturated carbocycles. The summed E-state index contributed by atoms with van der Waals surface area (Å²) in [4.78, 5) is 13.5. The number of fused-ring (bicyclic) bond motifs is 1. The van der Waals surface area contributed by atoms with Gasteiger partial charge in [-0.15, -0.1) is 0 Å². The van der Waals surface area contributed by atoms with Crippen molar-refractivity contribution in [3.8, 4) is 0 Å². The van der Waals surface area contributed by atoms with E-state index in [-0.39, 0.29) is 5.69 Å². The first-order valence-electron chi connectivity index (χ1n) is 3.79. The van der Waals surface area contributed by atoms with Crippen LogP contribution in [0.3, 0.4) is 0 Å². The number of aromatic amines is 1. The summed E-state index contributed by atoms with van der Waals surface area (Å²) >= 11 is 9.22. The largest absolute Gasteiger partial charge is 0.477 e. The van der Waals surface area contributed by atoms with Crippen molar-refractivity contribution in [2.75, 3.05) is 0 Å². The number of hydrogen-bond acceptors (Lipinski definition) is 1. The minimum absolute atomic E-state index is 0.133. The lowest BCUT2D eigenvalue weighted by Crippen LogP contribution is -1.94. The summed E-state index contributed by atoms with van der Waals surface area (Å²) in [5, 5.41) is 10.0. The van der Waals surface area contributed by atoms with Crippen LogP contribution in [0.15, 0.2) is 22.7 Å². The molecular weight excluding hydrogens is 269 g/mol. The minimum atomic E-state index is -0.996. The normalized spacial score (nSPS) is 10.7. The molecule has 0 aliphatic heterocycles. The molecule has 0 radical (unpaired) electrons. The van der Waals surface area contributed by atoms with E-state index >= 15 is 0 Å². The van der Waals surface area contributed by atoms with Crippen LogP contribution in [0.2, 0.25) is 5.02 Å². The van der Waals surface area contributed by atoms with Gasteiger partial charge >= 0.3 is 5.97 Å². The SMILES string of the molecule is O=C(O)c1cc2c(Cl)ccc(Br)c2[nH]1. The fraction of sp³-hybridized carbons (Fsp3) is 0. The smallest absolute Gasteiger partial charge is 0.352 e. The molecule has 1 heterocycles. The Morgan fingerprint density at radius 2 is 2.21 bits per heavy atom. The molecular formula is C9H5BrClNO2. The Labute approximate surface area is 92.8 Å². The van der Waals surface area contributed by atoms with Crippen molar-refractivity contribution in [2.24, 2.45) is 0 Å². The van der Waals surface area contributed by atoms with Gasteiger partial charge in [-0.1, -0.05) is 11.6 Å². The van der Waals surface area contributed by atoms with Crippen LogP contribution >= 0.6 is 27.5 Å². The number of nitrogens with one attached hydrogen (secondary N) is 1. The van der Waals surface area contributed by atoms with Gasteiger partial charge in [0.2, 0.25) is 0 Å². The fourth-order valence-electron chi connectivity index (χ4n) is 1.27. The third-order valence-electron chi connectivity index (χ3n) is 1.92. The van der Waals surface area contributed by atoms with E-state index < -0.39 is 5.97 Å². The Bertz CT molecular complexity index is 482. The van der Waals surface area contributed by atoms with E-state index in [1.54, 1.807) is 12.1 Å². The highest BCUT2D eigenvalue weighted by atomic mass is 79.9. The number of H-pyrrole nitrogens is 1. The number of rotatable bonds is 1. The summed E-state index contributed by atoms with van der Waals surface area (Å²) in [6, 6.07) is 5.00. The van der Waals surface area contributed by atoms with E-state index in [9.17, 15) is 4.79 Å². The van der Waals surface area contributed by atoms with Gasteiger partial charge in [0, 0.05) is 9.86 Å². The minimum Gasteiger partial charge on any atom is -0.477 e. The summed E-state index contributed by atoms with van der Waals surface area (Å²) in [6.07, 6.45) is 0. The molecule has 0 amide bonds. The Hall–Kier alpha value is -1.00. The van der Waals surface area contributed by atoms with Gasteiger partial charge in [-0.2, -0.15) is 0 Å². The number of carbonyl (C=O) groups is 1. The molecule has 2 N–H and O–H groups in total. The van der Waals surface area contributed by atoms with Gasteiger partial charge < -0.3 is 10.1 Å². The van der Waals surface area contributed by atoms with Gasteiger partial charge in [0.15, 0.2) is 0 Å². The van der Waals surface area contributed by atoms with Crippen molar-refractivity contribution in [3.05, 3.63) is 33.4 Å². The number of benzene rings is 1. The average Bonchev–Trinajstić information content (AvgIpc) is 2.57. The van der Waals surface area contributed by atoms with Crippen LogP contribution in [0.25, 0.3) is 10.9 Å². The maximum absolute atomic E-state index is 10.7. The third kappa shape index (κ3) is 1.40.